The summed E-state index contributed by atoms with van der Waals surface area (Å²) in [5.74, 6) is -8.26. The fourth-order valence-corrected chi connectivity index (χ4v) is 10.9. The molecule has 7 amide bonds. The van der Waals surface area contributed by atoms with Crippen LogP contribution in [0.1, 0.15) is 81.8 Å². The second kappa shape index (κ2) is 31.5. The first kappa shape index (κ1) is 67.9. The lowest BCUT2D eigenvalue weighted by atomic mass is 9.96. The number of benzene rings is 4. The van der Waals surface area contributed by atoms with Crippen LogP contribution in [0, 0.1) is 5.92 Å². The molecule has 3 heterocycles. The van der Waals surface area contributed by atoms with E-state index < -0.39 is 152 Å². The Labute approximate surface area is 509 Å². The molecule has 26 heteroatoms. The van der Waals surface area contributed by atoms with Crippen molar-refractivity contribution in [2.45, 2.75) is 145 Å². The molecule has 16 N–H and O–H groups in total. The number of hydrogen-bond acceptors (Lipinski definition) is 19. The quantitative estimate of drug-likeness (QED) is 0.0436. The Bertz CT molecular complexity index is 2990. The molecular weight excluding hydrogens is 1140 g/mol. The van der Waals surface area contributed by atoms with Crippen LogP contribution in [0.5, 0.6) is 11.5 Å². The van der Waals surface area contributed by atoms with E-state index in [4.69, 9.17) is 4.74 Å². The molecule has 478 valence electrons. The minimum Gasteiger partial charge on any atom is -0.508 e. The maximum absolute atomic E-state index is 14.8. The number of nitrogens with one attached hydrogen (secondary N) is 7. The summed E-state index contributed by atoms with van der Waals surface area (Å²) in [6.07, 6.45) is -12.4. The van der Waals surface area contributed by atoms with Gasteiger partial charge < -0.3 is 92.4 Å². The van der Waals surface area contributed by atoms with E-state index >= 15 is 0 Å². The number of phenols is 1. The molecule has 0 bridgehead atoms. The Balaban J connectivity index is 1.22. The summed E-state index contributed by atoms with van der Waals surface area (Å²) in [4.78, 5) is 104. The van der Waals surface area contributed by atoms with Crippen molar-refractivity contribution in [2.24, 2.45) is 5.92 Å². The average molecular weight is 1230 g/mol. The van der Waals surface area contributed by atoms with Gasteiger partial charge in [-0.05, 0) is 84.5 Å². The SMILES string of the molecule is CCCCCOc1ccc(-c2ccc(-c3ccc(C(=O)N[C@H]4C[C@@H](O)C(NCCNCCO)NC(=O)C5[C@@H](O)[C@@H](C)CN5C(=O)C([C@@H](C)O)NC(=O)C([C@H](O)[C@@H](O)c5ccc(O)cc5)NC(=O)C5C[C@@H](O)CN5C(=O)C([C@@H](C)O)NC4=O)cc3)cc2)cc1. The lowest BCUT2D eigenvalue weighted by molar-refractivity contribution is -0.148. The normalized spacial score (nSPS) is 26.5. The first-order valence-electron chi connectivity index (χ1n) is 29.7. The van der Waals surface area contributed by atoms with Crippen LogP contribution in [0.3, 0.4) is 0 Å². The van der Waals surface area contributed by atoms with Crippen LogP contribution in [0.2, 0.25) is 0 Å². The highest BCUT2D eigenvalue weighted by molar-refractivity contribution is 6.00. The molecule has 0 spiro atoms. The third-order valence-electron chi connectivity index (χ3n) is 16.0. The topological polar surface area (TPSA) is 401 Å². The first-order valence-corrected chi connectivity index (χ1v) is 29.7. The number of rotatable bonds is 20. The van der Waals surface area contributed by atoms with Gasteiger partial charge in [-0.2, -0.15) is 0 Å². The second-order valence-corrected chi connectivity index (χ2v) is 22.7. The van der Waals surface area contributed by atoms with E-state index in [1.165, 1.54) is 43.3 Å². The van der Waals surface area contributed by atoms with Gasteiger partial charge in [0.1, 0.15) is 66.1 Å². The van der Waals surface area contributed by atoms with Gasteiger partial charge in [-0.25, -0.2) is 0 Å². The van der Waals surface area contributed by atoms with Crippen molar-refractivity contribution in [3.05, 3.63) is 108 Å². The Morgan fingerprint density at radius 1 is 0.648 bits per heavy atom. The van der Waals surface area contributed by atoms with Crippen molar-refractivity contribution in [1.82, 2.24) is 47.0 Å². The number of carbonyl (C=O) groups excluding carboxylic acids is 7. The molecule has 3 saturated heterocycles. The summed E-state index contributed by atoms with van der Waals surface area (Å²) in [5, 5.41) is 118. The molecule has 0 saturated carbocycles. The maximum Gasteiger partial charge on any atom is 0.251 e. The Morgan fingerprint density at radius 3 is 1.78 bits per heavy atom. The molecule has 0 aromatic heterocycles. The number of nitrogens with zero attached hydrogens (tertiary/aromatic N) is 2. The second-order valence-electron chi connectivity index (χ2n) is 22.7. The van der Waals surface area contributed by atoms with E-state index in [1.807, 2.05) is 48.5 Å². The molecule has 7 rings (SSSR count). The Morgan fingerprint density at radius 2 is 1.20 bits per heavy atom. The van der Waals surface area contributed by atoms with Gasteiger partial charge in [0.2, 0.25) is 35.4 Å². The van der Waals surface area contributed by atoms with Crippen LogP contribution < -0.4 is 42.0 Å². The van der Waals surface area contributed by atoms with Gasteiger partial charge in [0.15, 0.2) is 0 Å². The van der Waals surface area contributed by atoms with Crippen LogP contribution in [0.25, 0.3) is 22.3 Å². The predicted octanol–water partition coefficient (Wildman–Crippen LogP) is -1.75. The Kier molecular flexibility index (Phi) is 24.3. The van der Waals surface area contributed by atoms with Crippen LogP contribution in [-0.4, -0.2) is 222 Å². The molecule has 15 atom stereocenters. The Hall–Kier alpha value is -7.63. The zero-order valence-electron chi connectivity index (χ0n) is 49.6. The molecule has 4 aromatic rings. The van der Waals surface area contributed by atoms with Crippen LogP contribution in [0.15, 0.2) is 97.1 Å². The summed E-state index contributed by atoms with van der Waals surface area (Å²) < 4.78 is 5.86. The number of carbonyl (C=O) groups is 7. The number of ether oxygens (including phenoxy) is 1. The van der Waals surface area contributed by atoms with E-state index in [9.17, 15) is 79.5 Å². The molecule has 6 unspecified atom stereocenters. The third-order valence-corrected chi connectivity index (χ3v) is 16.0. The smallest absolute Gasteiger partial charge is 0.251 e. The molecule has 88 heavy (non-hydrogen) atoms. The number of hydrogen-bond donors (Lipinski definition) is 16. The number of aliphatic hydroxyl groups is 8. The molecule has 3 fully saturated rings. The lowest BCUT2D eigenvalue weighted by Crippen LogP contribution is -2.64. The predicted molar refractivity (Wildman–Crippen MR) is 319 cm³/mol. The number of aliphatic hydroxyl groups excluding tert-OH is 8. The third kappa shape index (κ3) is 17.2. The molecule has 4 aromatic carbocycles. The highest BCUT2D eigenvalue weighted by Crippen LogP contribution is 2.30. The van der Waals surface area contributed by atoms with Crippen LogP contribution in [0.4, 0.5) is 0 Å². The first-order chi connectivity index (χ1) is 42.0. The van der Waals surface area contributed by atoms with Gasteiger partial charge >= 0.3 is 0 Å². The van der Waals surface area contributed by atoms with Crippen molar-refractivity contribution in [3.63, 3.8) is 0 Å². The number of amides is 7. The van der Waals surface area contributed by atoms with E-state index in [-0.39, 0.29) is 49.7 Å². The minimum absolute atomic E-state index is 0.0346. The number of fused-ring (bicyclic) bond motifs is 2. The summed E-state index contributed by atoms with van der Waals surface area (Å²) in [5.41, 5.74) is 3.44. The monoisotopic (exact) mass is 1230 g/mol. The van der Waals surface area contributed by atoms with Crippen molar-refractivity contribution < 1.29 is 84.3 Å². The van der Waals surface area contributed by atoms with E-state index in [0.717, 1.165) is 70.9 Å². The van der Waals surface area contributed by atoms with Crippen molar-refractivity contribution in [1.29, 1.82) is 0 Å². The number of aromatic hydroxyl groups is 1. The van der Waals surface area contributed by atoms with E-state index in [2.05, 4.69) is 44.1 Å². The maximum atomic E-state index is 14.8. The fraction of sp³-hybridized carbons (Fsp3) is 0.500. The van der Waals surface area contributed by atoms with E-state index in [1.54, 1.807) is 12.1 Å². The molecule has 0 aliphatic carbocycles. The van der Waals surface area contributed by atoms with Gasteiger partial charge in [-0.3, -0.25) is 38.9 Å². The molecule has 3 aliphatic rings. The van der Waals surface area contributed by atoms with Crippen molar-refractivity contribution in [2.75, 3.05) is 45.9 Å². The molecule has 3 aliphatic heterocycles. The van der Waals surface area contributed by atoms with Gasteiger partial charge in [0.25, 0.3) is 5.91 Å². The molecule has 26 nitrogen and oxygen atoms in total. The summed E-state index contributed by atoms with van der Waals surface area (Å²) in [6, 6.07) is 15.2. The van der Waals surface area contributed by atoms with E-state index in [0.29, 0.717) is 6.61 Å². The van der Waals surface area contributed by atoms with Gasteiger partial charge in [-0.1, -0.05) is 87.4 Å². The van der Waals surface area contributed by atoms with Gasteiger partial charge in [-0.15, -0.1) is 0 Å². The zero-order valence-corrected chi connectivity index (χ0v) is 49.6. The summed E-state index contributed by atoms with van der Waals surface area (Å²) in [6.45, 7) is 5.64. The average Bonchev–Trinajstić information content (AvgIpc) is 2.10. The van der Waals surface area contributed by atoms with Gasteiger partial charge in [0.05, 0.1) is 43.7 Å². The number of unbranched alkanes of at least 4 members (excludes halogenated alkanes) is 2. The standard InChI is InChI=1S/C62H83N9O17/c1-5-6-7-28-88-44-22-18-39(19-23-44)37-10-8-36(9-11-37)38-12-14-41(15-13-38)56(81)65-45-30-47(77)55(64-25-24-63-26-27-72)69-60(85)51-52(78)33(2)31-71(51)62(87)49(35(4)74)67-59(84)50(54(80)53(79)40-16-20-42(75)21-17-40)68-58(83)46-29-43(76)32-70(46)61(86)48(34(3)73)66-57(45)82/h8-23,33-35,43,45-55,63-64,72-80H,5-7,24-32H2,1-4H3,(H,65,81)(H,66,82)(H,67,84)(H,68,83)(H,69,85)/t33-,34+,35+,43+,45-,46?,47+,48?,49?,50?,51?,52-,53-,54-,55?/m0/s1. The van der Waals surface area contributed by atoms with Crippen molar-refractivity contribution >= 4 is 41.4 Å². The highest BCUT2D eigenvalue weighted by Gasteiger charge is 2.50. The largest absolute Gasteiger partial charge is 0.508 e. The lowest BCUT2D eigenvalue weighted by Gasteiger charge is -2.34. The van der Waals surface area contributed by atoms with Crippen LogP contribution >= 0.6 is 0 Å². The molecule has 0 radical (unpaired) electrons. The highest BCUT2D eigenvalue weighted by atomic mass is 16.5. The summed E-state index contributed by atoms with van der Waals surface area (Å²) in [7, 11) is 0. The number of phenolic OH excluding ortho intramolecular Hbond substituents is 1. The van der Waals surface area contributed by atoms with Crippen LogP contribution in [-0.2, 0) is 28.8 Å². The zero-order chi connectivity index (χ0) is 63.9. The summed E-state index contributed by atoms with van der Waals surface area (Å²) >= 11 is 0. The van der Waals surface area contributed by atoms with Crippen molar-refractivity contribution in [3.8, 4) is 33.8 Å². The molecular formula is C62H83N9O17. The van der Waals surface area contributed by atoms with Gasteiger partial charge in [0, 0.05) is 57.0 Å². The fourth-order valence-electron chi connectivity index (χ4n) is 10.9. The minimum atomic E-state index is -2.29.